The number of hydrogen-bond donors (Lipinski definition) is 2. The van der Waals surface area contributed by atoms with Gasteiger partial charge in [-0.25, -0.2) is 0 Å². The first-order valence-electron chi connectivity index (χ1n) is 8.34. The first-order chi connectivity index (χ1) is 10.3. The number of hydrogen-bond acceptors (Lipinski definition) is 4. The van der Waals surface area contributed by atoms with E-state index in [2.05, 4.69) is 21.3 Å². The van der Waals surface area contributed by atoms with Crippen LogP contribution in [0.25, 0.3) is 0 Å². The SMILES string of the molecule is OC1(C(CN2CCNCC2)c2ccccn2)CCCCC1. The van der Waals surface area contributed by atoms with Crippen LogP contribution in [0.5, 0.6) is 0 Å². The lowest BCUT2D eigenvalue weighted by molar-refractivity contribution is -0.0328. The molecule has 2 fully saturated rings. The number of piperazine rings is 1. The van der Waals surface area contributed by atoms with E-state index < -0.39 is 5.60 Å². The molecule has 1 aliphatic carbocycles. The molecule has 0 radical (unpaired) electrons. The van der Waals surface area contributed by atoms with E-state index in [1.54, 1.807) is 0 Å². The maximum Gasteiger partial charge on any atom is 0.0743 e. The quantitative estimate of drug-likeness (QED) is 0.887. The topological polar surface area (TPSA) is 48.4 Å². The summed E-state index contributed by atoms with van der Waals surface area (Å²) in [5, 5.41) is 14.6. The van der Waals surface area contributed by atoms with Crippen LogP contribution in [0.2, 0.25) is 0 Å². The van der Waals surface area contributed by atoms with Crippen molar-refractivity contribution in [2.75, 3.05) is 32.7 Å². The standard InChI is InChI=1S/C17H27N3O/c21-17(7-3-1-4-8-17)15(16-6-2-5-9-19-16)14-20-12-10-18-11-13-20/h2,5-6,9,15,18,21H,1,3-4,7-8,10-14H2. The Kier molecular flexibility index (Phi) is 4.88. The van der Waals surface area contributed by atoms with Crippen molar-refractivity contribution in [3.8, 4) is 0 Å². The number of nitrogens with zero attached hydrogens (tertiary/aromatic N) is 2. The summed E-state index contributed by atoms with van der Waals surface area (Å²) >= 11 is 0. The predicted octanol–water partition coefficient (Wildman–Crippen LogP) is 1.77. The predicted molar refractivity (Wildman–Crippen MR) is 84.3 cm³/mol. The van der Waals surface area contributed by atoms with Crippen LogP contribution < -0.4 is 5.32 Å². The van der Waals surface area contributed by atoms with E-state index in [1.807, 2.05) is 18.3 Å². The van der Waals surface area contributed by atoms with E-state index >= 15 is 0 Å². The molecule has 0 spiro atoms. The molecule has 2 aliphatic rings. The number of pyridine rings is 1. The Morgan fingerprint density at radius 1 is 1.19 bits per heavy atom. The molecule has 0 aromatic carbocycles. The van der Waals surface area contributed by atoms with Crippen molar-refractivity contribution in [3.63, 3.8) is 0 Å². The highest BCUT2D eigenvalue weighted by atomic mass is 16.3. The maximum absolute atomic E-state index is 11.2. The lowest BCUT2D eigenvalue weighted by atomic mass is 9.74. The van der Waals surface area contributed by atoms with Crippen LogP contribution in [0.1, 0.15) is 43.7 Å². The molecule has 21 heavy (non-hydrogen) atoms. The fraction of sp³-hybridized carbons (Fsp3) is 0.706. The lowest BCUT2D eigenvalue weighted by Gasteiger charge is -2.42. The molecule has 0 bridgehead atoms. The Bertz CT molecular complexity index is 425. The Balaban J connectivity index is 1.80. The van der Waals surface area contributed by atoms with Crippen LogP contribution in [0.3, 0.4) is 0 Å². The fourth-order valence-electron chi connectivity index (χ4n) is 3.79. The second-order valence-corrected chi connectivity index (χ2v) is 6.52. The van der Waals surface area contributed by atoms with Crippen molar-refractivity contribution >= 4 is 0 Å². The summed E-state index contributed by atoms with van der Waals surface area (Å²) in [4.78, 5) is 7.04. The van der Waals surface area contributed by atoms with Crippen molar-refractivity contribution in [2.24, 2.45) is 0 Å². The highest BCUT2D eigenvalue weighted by Crippen LogP contribution is 2.39. The molecule has 1 unspecified atom stereocenters. The average Bonchev–Trinajstić information content (AvgIpc) is 2.55. The van der Waals surface area contributed by atoms with Gasteiger partial charge < -0.3 is 15.3 Å². The summed E-state index contributed by atoms with van der Waals surface area (Å²) in [5.41, 5.74) is 0.484. The zero-order valence-electron chi connectivity index (χ0n) is 12.8. The number of rotatable bonds is 4. The number of aliphatic hydroxyl groups is 1. The van der Waals surface area contributed by atoms with Crippen LogP contribution in [-0.4, -0.2) is 53.3 Å². The van der Waals surface area contributed by atoms with E-state index in [-0.39, 0.29) is 5.92 Å². The minimum atomic E-state index is -0.572. The van der Waals surface area contributed by atoms with Gasteiger partial charge in [0.05, 0.1) is 5.60 Å². The largest absolute Gasteiger partial charge is 0.389 e. The van der Waals surface area contributed by atoms with E-state index in [0.29, 0.717) is 0 Å². The minimum absolute atomic E-state index is 0.136. The van der Waals surface area contributed by atoms with Gasteiger partial charge in [0.25, 0.3) is 0 Å². The first kappa shape index (κ1) is 14.9. The summed E-state index contributed by atoms with van der Waals surface area (Å²) < 4.78 is 0. The van der Waals surface area contributed by atoms with Crippen molar-refractivity contribution in [1.82, 2.24) is 15.2 Å². The third kappa shape index (κ3) is 3.62. The second kappa shape index (κ2) is 6.86. The number of aromatic nitrogens is 1. The second-order valence-electron chi connectivity index (χ2n) is 6.52. The zero-order valence-corrected chi connectivity index (χ0v) is 12.8. The Hall–Kier alpha value is -0.970. The Labute approximate surface area is 127 Å². The highest BCUT2D eigenvalue weighted by Gasteiger charge is 2.40. The zero-order chi connectivity index (χ0) is 14.5. The minimum Gasteiger partial charge on any atom is -0.389 e. The fourth-order valence-corrected chi connectivity index (χ4v) is 3.79. The molecule has 1 aromatic heterocycles. The van der Waals surface area contributed by atoms with Gasteiger partial charge >= 0.3 is 0 Å². The van der Waals surface area contributed by atoms with Gasteiger partial charge in [-0.1, -0.05) is 25.3 Å². The van der Waals surface area contributed by atoms with E-state index in [1.165, 1.54) is 6.42 Å². The average molecular weight is 289 g/mol. The van der Waals surface area contributed by atoms with Crippen LogP contribution >= 0.6 is 0 Å². The van der Waals surface area contributed by atoms with Crippen LogP contribution in [0, 0.1) is 0 Å². The Morgan fingerprint density at radius 2 is 1.95 bits per heavy atom. The summed E-state index contributed by atoms with van der Waals surface area (Å²) in [6.45, 7) is 5.16. The van der Waals surface area contributed by atoms with Gasteiger partial charge in [0, 0.05) is 50.5 Å². The summed E-state index contributed by atoms with van der Waals surface area (Å²) in [5.74, 6) is 0.136. The van der Waals surface area contributed by atoms with Crippen LogP contribution in [0.4, 0.5) is 0 Å². The number of nitrogens with one attached hydrogen (secondary N) is 1. The first-order valence-corrected chi connectivity index (χ1v) is 8.34. The van der Waals surface area contributed by atoms with E-state index in [4.69, 9.17) is 0 Å². The molecule has 2 heterocycles. The molecule has 1 atom stereocenters. The Morgan fingerprint density at radius 3 is 2.62 bits per heavy atom. The third-order valence-corrected chi connectivity index (χ3v) is 5.06. The molecule has 116 valence electrons. The van der Waals surface area contributed by atoms with Crippen LogP contribution in [0.15, 0.2) is 24.4 Å². The van der Waals surface area contributed by atoms with Crippen molar-refractivity contribution in [2.45, 2.75) is 43.6 Å². The summed E-state index contributed by atoms with van der Waals surface area (Å²) in [7, 11) is 0. The van der Waals surface area contributed by atoms with Gasteiger partial charge in [-0.3, -0.25) is 4.98 Å². The molecular formula is C17H27N3O. The van der Waals surface area contributed by atoms with Gasteiger partial charge in [0.2, 0.25) is 0 Å². The molecule has 1 saturated carbocycles. The molecule has 0 amide bonds. The molecule has 4 nitrogen and oxygen atoms in total. The molecule has 1 saturated heterocycles. The summed E-state index contributed by atoms with van der Waals surface area (Å²) in [6.07, 6.45) is 7.22. The monoisotopic (exact) mass is 289 g/mol. The third-order valence-electron chi connectivity index (χ3n) is 5.06. The maximum atomic E-state index is 11.2. The molecule has 1 aromatic rings. The van der Waals surface area contributed by atoms with E-state index in [9.17, 15) is 5.11 Å². The normalized spacial score (nSPS) is 24.6. The van der Waals surface area contributed by atoms with Crippen LogP contribution in [-0.2, 0) is 0 Å². The van der Waals surface area contributed by atoms with E-state index in [0.717, 1.165) is 64.1 Å². The van der Waals surface area contributed by atoms with Crippen molar-refractivity contribution < 1.29 is 5.11 Å². The van der Waals surface area contributed by atoms with Gasteiger partial charge in [-0.15, -0.1) is 0 Å². The molecular weight excluding hydrogens is 262 g/mol. The van der Waals surface area contributed by atoms with Gasteiger partial charge in [-0.05, 0) is 25.0 Å². The van der Waals surface area contributed by atoms with Crippen molar-refractivity contribution in [1.29, 1.82) is 0 Å². The van der Waals surface area contributed by atoms with Gasteiger partial charge in [0.1, 0.15) is 0 Å². The molecule has 4 heteroatoms. The van der Waals surface area contributed by atoms with Crippen molar-refractivity contribution in [3.05, 3.63) is 30.1 Å². The summed E-state index contributed by atoms with van der Waals surface area (Å²) in [6, 6.07) is 6.08. The van der Waals surface area contributed by atoms with Gasteiger partial charge in [0.15, 0.2) is 0 Å². The smallest absolute Gasteiger partial charge is 0.0743 e. The molecule has 3 rings (SSSR count). The molecule has 2 N–H and O–H groups in total. The molecule has 1 aliphatic heterocycles. The lowest BCUT2D eigenvalue weighted by Crippen LogP contribution is -2.49. The highest BCUT2D eigenvalue weighted by molar-refractivity contribution is 5.16. The van der Waals surface area contributed by atoms with Gasteiger partial charge in [-0.2, -0.15) is 0 Å².